The molecule has 2 heterocycles. The number of nitrogens with one attached hydrogen (secondary N) is 1. The summed E-state index contributed by atoms with van der Waals surface area (Å²) >= 11 is 3.46. The minimum Gasteiger partial charge on any atom is -0.339 e. The lowest BCUT2D eigenvalue weighted by atomic mass is 9.76. The predicted octanol–water partition coefficient (Wildman–Crippen LogP) is 4.81. The Balaban J connectivity index is 1.28. The van der Waals surface area contributed by atoms with Gasteiger partial charge in [0.1, 0.15) is 0 Å². The molecule has 2 aliphatic rings. The van der Waals surface area contributed by atoms with E-state index in [0.717, 1.165) is 27.6 Å². The molecule has 1 saturated heterocycles. The topological polar surface area (TPSA) is 88.3 Å². The zero-order valence-electron chi connectivity index (χ0n) is 17.6. The van der Waals surface area contributed by atoms with Gasteiger partial charge in [0, 0.05) is 22.0 Å². The molecular weight excluding hydrogens is 472 g/mol. The highest BCUT2D eigenvalue weighted by Gasteiger charge is 2.45. The number of carbonyl (C=O) groups is 2. The van der Waals surface area contributed by atoms with Crippen LogP contribution in [0.2, 0.25) is 0 Å². The predicted molar refractivity (Wildman–Crippen MR) is 122 cm³/mol. The van der Waals surface area contributed by atoms with Crippen LogP contribution in [0, 0.1) is 12.8 Å². The van der Waals surface area contributed by atoms with Gasteiger partial charge in [-0.2, -0.15) is 4.98 Å². The first-order valence-electron chi connectivity index (χ1n) is 10.7. The van der Waals surface area contributed by atoms with Gasteiger partial charge in [-0.15, -0.1) is 0 Å². The molecule has 1 aliphatic heterocycles. The molecule has 1 N–H and O–H groups in total. The van der Waals surface area contributed by atoms with Gasteiger partial charge in [-0.25, -0.2) is 4.79 Å². The number of urea groups is 1. The van der Waals surface area contributed by atoms with Crippen LogP contribution in [0.4, 0.5) is 4.79 Å². The van der Waals surface area contributed by atoms with Crippen molar-refractivity contribution < 1.29 is 14.1 Å². The van der Waals surface area contributed by atoms with Crippen molar-refractivity contribution in [1.29, 1.82) is 0 Å². The number of halogens is 1. The van der Waals surface area contributed by atoms with Gasteiger partial charge in [0.2, 0.25) is 17.6 Å². The number of aromatic nitrogens is 2. The molecule has 3 aromatic rings. The lowest BCUT2D eigenvalue weighted by molar-refractivity contribution is -0.137. The van der Waals surface area contributed by atoms with Crippen LogP contribution in [-0.4, -0.2) is 33.0 Å². The number of rotatable bonds is 4. The van der Waals surface area contributed by atoms with Crippen LogP contribution in [0.3, 0.4) is 0 Å². The molecule has 7 nitrogen and oxygen atoms in total. The fraction of sp³-hybridized carbons (Fsp3) is 0.333. The fourth-order valence-corrected chi connectivity index (χ4v) is 4.96. The summed E-state index contributed by atoms with van der Waals surface area (Å²) in [6.07, 6.45) is 2.05. The molecule has 0 bridgehead atoms. The van der Waals surface area contributed by atoms with Crippen LogP contribution >= 0.6 is 15.9 Å². The number of imide groups is 1. The number of amides is 3. The largest absolute Gasteiger partial charge is 0.339 e. The minimum atomic E-state index is -0.335. The second-order valence-electron chi connectivity index (χ2n) is 8.55. The highest BCUT2D eigenvalue weighted by Crippen LogP contribution is 2.38. The van der Waals surface area contributed by atoms with E-state index in [0.29, 0.717) is 24.6 Å². The number of nitrogens with zero attached hydrogens (tertiary/aromatic N) is 3. The average Bonchev–Trinajstić information content (AvgIpc) is 3.28. The molecule has 5 rings (SSSR count). The quantitative estimate of drug-likeness (QED) is 0.561. The van der Waals surface area contributed by atoms with Gasteiger partial charge < -0.3 is 9.84 Å². The van der Waals surface area contributed by atoms with E-state index in [-0.39, 0.29) is 36.4 Å². The molecule has 0 spiro atoms. The third kappa shape index (κ3) is 4.07. The number of aryl methyl sites for hydroxylation is 1. The number of hydrogen-bond acceptors (Lipinski definition) is 5. The summed E-state index contributed by atoms with van der Waals surface area (Å²) in [4.78, 5) is 31.8. The minimum absolute atomic E-state index is 0.0152. The highest BCUT2D eigenvalue weighted by molar-refractivity contribution is 9.10. The van der Waals surface area contributed by atoms with Gasteiger partial charge in [0.05, 0.1) is 12.5 Å². The summed E-state index contributed by atoms with van der Waals surface area (Å²) in [5.74, 6) is 0.792. The maximum absolute atomic E-state index is 13.1. The molecule has 164 valence electrons. The molecule has 1 aromatic heterocycles. The van der Waals surface area contributed by atoms with Gasteiger partial charge in [-0.05, 0) is 43.9 Å². The van der Waals surface area contributed by atoms with Crippen molar-refractivity contribution in [3.05, 3.63) is 70.0 Å². The lowest BCUT2D eigenvalue weighted by Gasteiger charge is -2.41. The van der Waals surface area contributed by atoms with E-state index in [4.69, 9.17) is 4.52 Å². The van der Waals surface area contributed by atoms with Gasteiger partial charge in [0.25, 0.3) is 0 Å². The second-order valence-corrected chi connectivity index (χ2v) is 9.46. The lowest BCUT2D eigenvalue weighted by Crippen LogP contribution is -2.60. The zero-order chi connectivity index (χ0) is 22.2. The first-order valence-corrected chi connectivity index (χ1v) is 11.5. The van der Waals surface area contributed by atoms with E-state index >= 15 is 0 Å². The number of hydrogen-bond donors (Lipinski definition) is 1. The van der Waals surface area contributed by atoms with Crippen molar-refractivity contribution in [3.8, 4) is 11.4 Å². The molecule has 1 saturated carbocycles. The molecule has 8 heteroatoms. The summed E-state index contributed by atoms with van der Waals surface area (Å²) in [5.41, 5.74) is 2.96. The molecule has 2 fully saturated rings. The molecule has 3 amide bonds. The molecule has 3 unspecified atom stereocenters. The van der Waals surface area contributed by atoms with Crippen molar-refractivity contribution in [2.75, 3.05) is 0 Å². The van der Waals surface area contributed by atoms with Crippen molar-refractivity contribution >= 4 is 27.9 Å². The van der Waals surface area contributed by atoms with E-state index in [1.54, 1.807) is 0 Å². The molecule has 32 heavy (non-hydrogen) atoms. The molecule has 3 atom stereocenters. The summed E-state index contributed by atoms with van der Waals surface area (Å²) in [6.45, 7) is 2.30. The highest BCUT2D eigenvalue weighted by atomic mass is 79.9. The number of carbonyl (C=O) groups excluding carboxylic acids is 2. The van der Waals surface area contributed by atoms with Crippen LogP contribution in [0.1, 0.15) is 42.2 Å². The van der Waals surface area contributed by atoms with E-state index < -0.39 is 0 Å². The Labute approximate surface area is 194 Å². The van der Waals surface area contributed by atoms with E-state index in [1.165, 1.54) is 4.90 Å². The first-order chi connectivity index (χ1) is 15.5. The maximum atomic E-state index is 13.1. The zero-order valence-corrected chi connectivity index (χ0v) is 19.2. The van der Waals surface area contributed by atoms with Crippen LogP contribution < -0.4 is 5.32 Å². The molecule has 0 radical (unpaired) electrons. The van der Waals surface area contributed by atoms with Crippen LogP contribution in [0.25, 0.3) is 11.4 Å². The first kappa shape index (κ1) is 20.9. The summed E-state index contributed by atoms with van der Waals surface area (Å²) in [7, 11) is 0. The molecular formula is C24H23BrN4O3. The number of benzene rings is 2. The monoisotopic (exact) mass is 494 g/mol. The smallest absolute Gasteiger partial charge is 0.324 e. The van der Waals surface area contributed by atoms with Crippen LogP contribution in [0.15, 0.2) is 57.5 Å². The normalized spacial score (nSPS) is 23.1. The summed E-state index contributed by atoms with van der Waals surface area (Å²) in [5, 5.41) is 7.18. The van der Waals surface area contributed by atoms with Gasteiger partial charge in [0.15, 0.2) is 0 Å². The molecule has 2 aromatic carbocycles. The average molecular weight is 495 g/mol. The fourth-order valence-electron chi connectivity index (χ4n) is 4.56. The van der Waals surface area contributed by atoms with Crippen molar-refractivity contribution in [2.24, 2.45) is 5.92 Å². The standard InChI is InChI=1S/C24H23BrN4O3/c1-14-5-7-15(8-6-14)13-29-23(30)19-10-9-17(12-20(19)26-24(29)31)22-27-21(28-32-22)16-3-2-4-18(25)11-16/h2-8,11,17,19-20H,9-10,12-13H2,1H3,(H,26,31). The van der Waals surface area contributed by atoms with Crippen molar-refractivity contribution in [2.45, 2.75) is 44.7 Å². The van der Waals surface area contributed by atoms with Crippen molar-refractivity contribution in [1.82, 2.24) is 20.4 Å². The SMILES string of the molecule is Cc1ccc(CN2C(=O)NC3CC(c4nc(-c5cccc(Br)c5)no4)CCC3C2=O)cc1. The van der Waals surface area contributed by atoms with Gasteiger partial charge >= 0.3 is 6.03 Å². The Morgan fingerprint density at radius 1 is 1.16 bits per heavy atom. The molecule has 1 aliphatic carbocycles. The number of fused-ring (bicyclic) bond motifs is 1. The van der Waals surface area contributed by atoms with E-state index in [1.807, 2.05) is 55.5 Å². The van der Waals surface area contributed by atoms with Gasteiger partial charge in [-0.3, -0.25) is 9.69 Å². The van der Waals surface area contributed by atoms with Crippen molar-refractivity contribution in [3.63, 3.8) is 0 Å². The van der Waals surface area contributed by atoms with Crippen LogP contribution in [0.5, 0.6) is 0 Å². The second kappa shape index (κ2) is 8.50. The Morgan fingerprint density at radius 3 is 2.75 bits per heavy atom. The third-order valence-electron chi connectivity index (χ3n) is 6.32. The third-order valence-corrected chi connectivity index (χ3v) is 6.82. The Morgan fingerprint density at radius 2 is 1.97 bits per heavy atom. The summed E-state index contributed by atoms with van der Waals surface area (Å²) < 4.78 is 6.50. The van der Waals surface area contributed by atoms with Crippen LogP contribution in [-0.2, 0) is 11.3 Å². The Kier molecular flexibility index (Phi) is 5.55. The van der Waals surface area contributed by atoms with E-state index in [2.05, 4.69) is 31.4 Å². The maximum Gasteiger partial charge on any atom is 0.324 e. The van der Waals surface area contributed by atoms with E-state index in [9.17, 15) is 9.59 Å². The summed E-state index contributed by atoms with van der Waals surface area (Å²) in [6, 6.07) is 15.1. The Hall–Kier alpha value is -3.00. The van der Waals surface area contributed by atoms with Gasteiger partial charge in [-0.1, -0.05) is 63.0 Å². The Bertz CT molecular complexity index is 1160.